The topological polar surface area (TPSA) is 49.5 Å². The Balaban J connectivity index is 2.08. The summed E-state index contributed by atoms with van der Waals surface area (Å²) in [4.78, 5) is 2.27. The summed E-state index contributed by atoms with van der Waals surface area (Å²) in [6.07, 6.45) is 3.50. The third kappa shape index (κ3) is 2.47. The molecule has 1 unspecified atom stereocenters. The Hall–Kier alpha value is -1.22. The fourth-order valence-corrected chi connectivity index (χ4v) is 2.37. The van der Waals surface area contributed by atoms with Gasteiger partial charge < -0.3 is 15.7 Å². The van der Waals surface area contributed by atoms with Crippen molar-refractivity contribution in [2.24, 2.45) is 11.7 Å². The average molecular weight is 220 g/mol. The highest BCUT2D eigenvalue weighted by Crippen LogP contribution is 2.29. The van der Waals surface area contributed by atoms with Crippen LogP contribution in [0.25, 0.3) is 0 Å². The Morgan fingerprint density at radius 1 is 1.25 bits per heavy atom. The summed E-state index contributed by atoms with van der Waals surface area (Å²) in [7, 11) is 0. The van der Waals surface area contributed by atoms with E-state index in [4.69, 9.17) is 5.73 Å². The molecule has 3 heteroatoms. The van der Waals surface area contributed by atoms with E-state index in [1.54, 1.807) is 6.07 Å². The molecule has 1 atom stereocenters. The van der Waals surface area contributed by atoms with Crippen LogP contribution in [0, 0.1) is 5.92 Å². The molecule has 1 heterocycles. The summed E-state index contributed by atoms with van der Waals surface area (Å²) < 4.78 is 0. The molecule has 1 aromatic rings. The van der Waals surface area contributed by atoms with Crippen LogP contribution in [0.3, 0.4) is 0 Å². The molecule has 1 aliphatic rings. The van der Waals surface area contributed by atoms with Gasteiger partial charge in [-0.25, -0.2) is 0 Å². The predicted molar refractivity (Wildman–Crippen MR) is 66.7 cm³/mol. The number of phenols is 1. The third-order valence-electron chi connectivity index (χ3n) is 3.40. The number of aromatic hydroxyl groups is 1. The van der Waals surface area contributed by atoms with Crippen molar-refractivity contribution in [3.63, 3.8) is 0 Å². The van der Waals surface area contributed by atoms with Crippen LogP contribution in [0.15, 0.2) is 24.3 Å². The van der Waals surface area contributed by atoms with Crippen LogP contribution in [0.4, 0.5) is 5.69 Å². The van der Waals surface area contributed by atoms with Gasteiger partial charge in [0.25, 0.3) is 0 Å². The molecule has 0 spiro atoms. The predicted octanol–water partition coefficient (Wildman–Crippen LogP) is 1.96. The lowest BCUT2D eigenvalue weighted by atomic mass is 10.0. The van der Waals surface area contributed by atoms with E-state index < -0.39 is 0 Å². The van der Waals surface area contributed by atoms with Gasteiger partial charge in [0.2, 0.25) is 0 Å². The molecule has 1 aliphatic heterocycles. The first kappa shape index (κ1) is 11.3. The van der Waals surface area contributed by atoms with Gasteiger partial charge in [0.15, 0.2) is 0 Å². The van der Waals surface area contributed by atoms with Crippen LogP contribution in [-0.4, -0.2) is 24.7 Å². The second-order valence-corrected chi connectivity index (χ2v) is 4.51. The quantitative estimate of drug-likeness (QED) is 0.801. The summed E-state index contributed by atoms with van der Waals surface area (Å²) >= 11 is 0. The van der Waals surface area contributed by atoms with Crippen LogP contribution in [0.5, 0.6) is 5.75 Å². The Morgan fingerprint density at radius 3 is 2.81 bits per heavy atom. The number of para-hydroxylation sites is 2. The lowest BCUT2D eigenvalue weighted by Crippen LogP contribution is -2.24. The monoisotopic (exact) mass is 220 g/mol. The summed E-state index contributed by atoms with van der Waals surface area (Å²) in [6, 6.07) is 7.57. The molecule has 0 saturated carbocycles. The van der Waals surface area contributed by atoms with Gasteiger partial charge in [0, 0.05) is 13.1 Å². The zero-order valence-corrected chi connectivity index (χ0v) is 9.60. The molecule has 1 fully saturated rings. The molecule has 0 aliphatic carbocycles. The number of hydrogen-bond donors (Lipinski definition) is 2. The molecule has 2 rings (SSSR count). The van der Waals surface area contributed by atoms with Crippen molar-refractivity contribution >= 4 is 5.69 Å². The molecule has 0 radical (unpaired) electrons. The van der Waals surface area contributed by atoms with Gasteiger partial charge >= 0.3 is 0 Å². The lowest BCUT2D eigenvalue weighted by molar-refractivity contribution is 0.472. The lowest BCUT2D eigenvalue weighted by Gasteiger charge is -2.23. The van der Waals surface area contributed by atoms with E-state index >= 15 is 0 Å². The molecule has 1 saturated heterocycles. The SMILES string of the molecule is NCC1CCCN(c2ccccc2O)CC1. The highest BCUT2D eigenvalue weighted by Gasteiger charge is 2.17. The van der Waals surface area contributed by atoms with Crippen LogP contribution < -0.4 is 10.6 Å². The number of phenolic OH excluding ortho intramolecular Hbond substituents is 1. The molecular weight excluding hydrogens is 200 g/mol. The van der Waals surface area contributed by atoms with Gasteiger partial charge in [-0.1, -0.05) is 12.1 Å². The van der Waals surface area contributed by atoms with Crippen LogP contribution >= 0.6 is 0 Å². The summed E-state index contributed by atoms with van der Waals surface area (Å²) in [5.41, 5.74) is 6.68. The second-order valence-electron chi connectivity index (χ2n) is 4.51. The van der Waals surface area contributed by atoms with E-state index in [0.717, 1.165) is 38.2 Å². The maximum Gasteiger partial charge on any atom is 0.138 e. The smallest absolute Gasteiger partial charge is 0.138 e. The van der Waals surface area contributed by atoms with E-state index in [2.05, 4.69) is 4.90 Å². The largest absolute Gasteiger partial charge is 0.506 e. The van der Waals surface area contributed by atoms with Gasteiger partial charge in [0.1, 0.15) is 5.75 Å². The van der Waals surface area contributed by atoms with Crippen molar-refractivity contribution < 1.29 is 5.11 Å². The number of benzene rings is 1. The molecule has 0 aromatic heterocycles. The van der Waals surface area contributed by atoms with Crippen LogP contribution in [0.2, 0.25) is 0 Å². The number of hydrogen-bond acceptors (Lipinski definition) is 3. The van der Waals surface area contributed by atoms with E-state index in [1.807, 2.05) is 18.2 Å². The van der Waals surface area contributed by atoms with Crippen molar-refractivity contribution in [3.05, 3.63) is 24.3 Å². The maximum atomic E-state index is 9.81. The van der Waals surface area contributed by atoms with Gasteiger partial charge in [-0.3, -0.25) is 0 Å². The fourth-order valence-electron chi connectivity index (χ4n) is 2.37. The van der Waals surface area contributed by atoms with E-state index in [0.29, 0.717) is 11.7 Å². The van der Waals surface area contributed by atoms with E-state index in [-0.39, 0.29) is 0 Å². The maximum absolute atomic E-state index is 9.81. The highest BCUT2D eigenvalue weighted by molar-refractivity contribution is 5.57. The highest BCUT2D eigenvalue weighted by atomic mass is 16.3. The number of nitrogens with zero attached hydrogens (tertiary/aromatic N) is 1. The minimum absolute atomic E-state index is 0.383. The first-order valence-corrected chi connectivity index (χ1v) is 6.04. The molecule has 0 amide bonds. The second kappa shape index (κ2) is 5.21. The van der Waals surface area contributed by atoms with Crippen molar-refractivity contribution in [2.75, 3.05) is 24.5 Å². The molecule has 3 N–H and O–H groups in total. The third-order valence-corrected chi connectivity index (χ3v) is 3.40. The zero-order valence-electron chi connectivity index (χ0n) is 9.60. The Morgan fingerprint density at radius 2 is 2.06 bits per heavy atom. The first-order chi connectivity index (χ1) is 7.81. The first-order valence-electron chi connectivity index (χ1n) is 6.04. The number of rotatable bonds is 2. The molecular formula is C13H20N2O. The minimum atomic E-state index is 0.383. The van der Waals surface area contributed by atoms with Crippen molar-refractivity contribution in [2.45, 2.75) is 19.3 Å². The standard InChI is InChI=1S/C13H20N2O/c14-10-11-4-3-8-15(9-7-11)12-5-1-2-6-13(12)16/h1-2,5-6,11,16H,3-4,7-10,14H2. The molecule has 0 bridgehead atoms. The molecule has 1 aromatic carbocycles. The normalized spacial score (nSPS) is 21.8. The van der Waals surface area contributed by atoms with Crippen molar-refractivity contribution in [1.29, 1.82) is 0 Å². The zero-order chi connectivity index (χ0) is 11.4. The van der Waals surface area contributed by atoms with Crippen LogP contribution in [-0.2, 0) is 0 Å². The molecule has 16 heavy (non-hydrogen) atoms. The average Bonchev–Trinajstić information content (AvgIpc) is 2.55. The van der Waals surface area contributed by atoms with Gasteiger partial charge in [-0.2, -0.15) is 0 Å². The summed E-state index contributed by atoms with van der Waals surface area (Å²) in [5.74, 6) is 1.03. The van der Waals surface area contributed by atoms with E-state index in [1.165, 1.54) is 6.42 Å². The van der Waals surface area contributed by atoms with Crippen LogP contribution in [0.1, 0.15) is 19.3 Å². The van der Waals surface area contributed by atoms with E-state index in [9.17, 15) is 5.11 Å². The Labute approximate surface area is 96.9 Å². The molecule has 3 nitrogen and oxygen atoms in total. The fraction of sp³-hybridized carbons (Fsp3) is 0.538. The summed E-state index contributed by atoms with van der Waals surface area (Å²) in [5, 5.41) is 9.81. The summed E-state index contributed by atoms with van der Waals surface area (Å²) in [6.45, 7) is 2.81. The van der Waals surface area contributed by atoms with Crippen molar-refractivity contribution in [1.82, 2.24) is 0 Å². The number of nitrogens with two attached hydrogens (primary N) is 1. The number of anilines is 1. The minimum Gasteiger partial charge on any atom is -0.506 e. The van der Waals surface area contributed by atoms with Gasteiger partial charge in [0.05, 0.1) is 5.69 Å². The Bertz CT molecular complexity index is 340. The van der Waals surface area contributed by atoms with Gasteiger partial charge in [-0.05, 0) is 43.9 Å². The Kier molecular flexibility index (Phi) is 3.67. The van der Waals surface area contributed by atoms with Gasteiger partial charge in [-0.15, -0.1) is 0 Å². The van der Waals surface area contributed by atoms with Crippen molar-refractivity contribution in [3.8, 4) is 5.75 Å². The molecule has 88 valence electrons.